The first-order valence-electron chi connectivity index (χ1n) is 5.96. The largest absolute Gasteiger partial charge is 0.411 e. The summed E-state index contributed by atoms with van der Waals surface area (Å²) in [7, 11) is 0. The van der Waals surface area contributed by atoms with E-state index in [1.165, 1.54) is 0 Å². The van der Waals surface area contributed by atoms with Crippen molar-refractivity contribution in [2.45, 2.75) is 38.5 Å². The van der Waals surface area contributed by atoms with Crippen molar-refractivity contribution < 1.29 is 17.9 Å². The van der Waals surface area contributed by atoms with Gasteiger partial charge in [-0.3, -0.25) is 16.0 Å². The fraction of sp³-hybridized carbons (Fsp3) is 0.727. The molecule has 1 aromatic rings. The van der Waals surface area contributed by atoms with Crippen molar-refractivity contribution in [1.82, 2.24) is 15.2 Å². The van der Waals surface area contributed by atoms with Crippen LogP contribution in [0.3, 0.4) is 0 Å². The number of ether oxygens (including phenoxy) is 1. The molecule has 0 spiro atoms. The molecule has 5 nitrogen and oxygen atoms in total. The zero-order valence-electron chi connectivity index (χ0n) is 10.9. The molecule has 0 bridgehead atoms. The number of rotatable bonds is 7. The van der Waals surface area contributed by atoms with E-state index in [1.54, 1.807) is 4.68 Å². The fourth-order valence-corrected chi connectivity index (χ4v) is 1.51. The molecule has 1 atom stereocenters. The first kappa shape index (κ1) is 15.9. The Kier molecular flexibility index (Phi) is 5.77. The topological polar surface area (TPSA) is 65.1 Å². The molecule has 3 N–H and O–H groups in total. The van der Waals surface area contributed by atoms with Crippen LogP contribution in [-0.2, 0) is 11.2 Å². The number of alkyl halides is 3. The van der Waals surface area contributed by atoms with Crippen LogP contribution in [0, 0.1) is 0 Å². The predicted molar refractivity (Wildman–Crippen MR) is 64.3 cm³/mol. The highest BCUT2D eigenvalue weighted by atomic mass is 19.4. The number of halogens is 3. The third-order valence-electron chi connectivity index (χ3n) is 2.47. The Balaban J connectivity index is 2.43. The van der Waals surface area contributed by atoms with Gasteiger partial charge in [0.15, 0.2) is 0 Å². The molecule has 0 aliphatic rings. The number of nitrogens with two attached hydrogens (primary N) is 1. The second-order valence-corrected chi connectivity index (χ2v) is 4.58. The predicted octanol–water partition coefficient (Wildman–Crippen LogP) is 1.42. The molecular weight excluding hydrogens is 261 g/mol. The minimum atomic E-state index is -4.32. The van der Waals surface area contributed by atoms with Gasteiger partial charge in [0, 0.05) is 18.7 Å². The maximum absolute atomic E-state index is 11.9. The molecule has 1 heterocycles. The third-order valence-corrected chi connectivity index (χ3v) is 2.47. The zero-order valence-corrected chi connectivity index (χ0v) is 10.9. The Hall–Kier alpha value is -1.12. The van der Waals surface area contributed by atoms with Crippen LogP contribution in [0.4, 0.5) is 13.2 Å². The van der Waals surface area contributed by atoms with Gasteiger partial charge in [0.2, 0.25) is 0 Å². The van der Waals surface area contributed by atoms with Gasteiger partial charge in [-0.2, -0.15) is 18.3 Å². The average molecular weight is 280 g/mol. The second-order valence-electron chi connectivity index (χ2n) is 4.58. The minimum absolute atomic E-state index is 0.120. The molecule has 110 valence electrons. The van der Waals surface area contributed by atoms with Gasteiger partial charge in [0.25, 0.3) is 0 Å². The molecule has 0 saturated carbocycles. The second kappa shape index (κ2) is 6.88. The highest BCUT2D eigenvalue weighted by molar-refractivity contribution is 5.02. The monoisotopic (exact) mass is 280 g/mol. The third kappa shape index (κ3) is 6.04. The molecule has 0 amide bonds. The summed E-state index contributed by atoms with van der Waals surface area (Å²) in [6.45, 7) is 2.58. The number of aromatic nitrogens is 2. The Bertz CT molecular complexity index is 378. The molecule has 0 fully saturated rings. The SMILES string of the molecule is CC(C)n1ccc(CC(COCC(F)(F)F)NN)n1. The van der Waals surface area contributed by atoms with Crippen molar-refractivity contribution in [3.63, 3.8) is 0 Å². The lowest BCUT2D eigenvalue weighted by Crippen LogP contribution is -2.41. The number of hydrogen-bond donors (Lipinski definition) is 2. The van der Waals surface area contributed by atoms with Crippen LogP contribution >= 0.6 is 0 Å². The first-order chi connectivity index (χ1) is 8.81. The van der Waals surface area contributed by atoms with Gasteiger partial charge in [0.05, 0.1) is 18.3 Å². The molecule has 1 rings (SSSR count). The van der Waals surface area contributed by atoms with Gasteiger partial charge in [0.1, 0.15) is 6.61 Å². The molecule has 8 heteroatoms. The van der Waals surface area contributed by atoms with Crippen LogP contribution in [0.5, 0.6) is 0 Å². The summed E-state index contributed by atoms with van der Waals surface area (Å²) in [6, 6.07) is 1.64. The average Bonchev–Trinajstić information content (AvgIpc) is 2.74. The van der Waals surface area contributed by atoms with Crippen LogP contribution in [0.15, 0.2) is 12.3 Å². The van der Waals surface area contributed by atoms with Crippen LogP contribution in [0.2, 0.25) is 0 Å². The summed E-state index contributed by atoms with van der Waals surface area (Å²) >= 11 is 0. The van der Waals surface area contributed by atoms with Crippen molar-refractivity contribution in [3.8, 4) is 0 Å². The Labute approximate surface area is 109 Å². The van der Waals surface area contributed by atoms with E-state index >= 15 is 0 Å². The van der Waals surface area contributed by atoms with Crippen molar-refractivity contribution in [2.75, 3.05) is 13.2 Å². The lowest BCUT2D eigenvalue weighted by atomic mass is 10.2. The molecule has 1 aromatic heterocycles. The van der Waals surface area contributed by atoms with E-state index in [4.69, 9.17) is 5.84 Å². The lowest BCUT2D eigenvalue weighted by molar-refractivity contribution is -0.175. The van der Waals surface area contributed by atoms with E-state index in [1.807, 2.05) is 26.1 Å². The molecule has 0 aliphatic carbocycles. The van der Waals surface area contributed by atoms with Crippen LogP contribution < -0.4 is 11.3 Å². The number of hydrazine groups is 1. The van der Waals surface area contributed by atoms with Crippen molar-refractivity contribution in [2.24, 2.45) is 5.84 Å². The van der Waals surface area contributed by atoms with Gasteiger partial charge in [-0.15, -0.1) is 0 Å². The summed E-state index contributed by atoms with van der Waals surface area (Å²) in [6.07, 6.45) is -2.09. The van der Waals surface area contributed by atoms with Crippen LogP contribution in [0.1, 0.15) is 25.6 Å². The molecule has 0 radical (unpaired) electrons. The smallest absolute Gasteiger partial charge is 0.370 e. The highest BCUT2D eigenvalue weighted by Gasteiger charge is 2.27. The molecule has 19 heavy (non-hydrogen) atoms. The molecule has 0 aromatic carbocycles. The Morgan fingerprint density at radius 3 is 2.63 bits per heavy atom. The minimum Gasteiger partial charge on any atom is -0.370 e. The van der Waals surface area contributed by atoms with E-state index in [0.717, 1.165) is 5.69 Å². The number of hydrogen-bond acceptors (Lipinski definition) is 4. The van der Waals surface area contributed by atoms with Crippen molar-refractivity contribution in [1.29, 1.82) is 0 Å². The van der Waals surface area contributed by atoms with E-state index in [0.29, 0.717) is 6.42 Å². The lowest BCUT2D eigenvalue weighted by Gasteiger charge is -2.15. The molecule has 0 aliphatic heterocycles. The van der Waals surface area contributed by atoms with Gasteiger partial charge in [-0.25, -0.2) is 0 Å². The first-order valence-corrected chi connectivity index (χ1v) is 5.96. The normalized spacial score (nSPS) is 14.1. The van der Waals surface area contributed by atoms with Crippen molar-refractivity contribution in [3.05, 3.63) is 18.0 Å². The summed E-state index contributed by atoms with van der Waals surface area (Å²) < 4.78 is 42.2. The maximum Gasteiger partial charge on any atom is 0.411 e. The summed E-state index contributed by atoms with van der Waals surface area (Å²) in [5.74, 6) is 5.29. The van der Waals surface area contributed by atoms with E-state index in [-0.39, 0.29) is 12.6 Å². The van der Waals surface area contributed by atoms with Gasteiger partial charge >= 0.3 is 6.18 Å². The van der Waals surface area contributed by atoms with E-state index < -0.39 is 18.8 Å². The van der Waals surface area contributed by atoms with Gasteiger partial charge < -0.3 is 4.74 Å². The van der Waals surface area contributed by atoms with Gasteiger partial charge in [-0.05, 0) is 19.9 Å². The number of nitrogens with zero attached hydrogens (tertiary/aromatic N) is 2. The van der Waals surface area contributed by atoms with E-state index in [9.17, 15) is 13.2 Å². The van der Waals surface area contributed by atoms with Gasteiger partial charge in [-0.1, -0.05) is 0 Å². The molecule has 1 unspecified atom stereocenters. The summed E-state index contributed by atoms with van der Waals surface area (Å²) in [5, 5.41) is 4.30. The number of nitrogens with one attached hydrogen (secondary N) is 1. The molecular formula is C11H19F3N4O. The standard InChI is InChI=1S/C11H19F3N4O/c1-8(2)18-4-3-9(17-18)5-10(16-15)6-19-7-11(12,13)14/h3-4,8,10,16H,5-7,15H2,1-2H3. The quantitative estimate of drug-likeness (QED) is 0.585. The molecule has 0 saturated heterocycles. The zero-order chi connectivity index (χ0) is 14.5. The summed E-state index contributed by atoms with van der Waals surface area (Å²) in [4.78, 5) is 0. The van der Waals surface area contributed by atoms with Crippen LogP contribution in [0.25, 0.3) is 0 Å². The van der Waals surface area contributed by atoms with Crippen molar-refractivity contribution >= 4 is 0 Å². The van der Waals surface area contributed by atoms with E-state index in [2.05, 4.69) is 15.3 Å². The Morgan fingerprint density at radius 2 is 2.16 bits per heavy atom. The Morgan fingerprint density at radius 1 is 1.47 bits per heavy atom. The summed E-state index contributed by atoms with van der Waals surface area (Å²) in [5.41, 5.74) is 3.19. The van der Waals surface area contributed by atoms with Crippen LogP contribution in [-0.4, -0.2) is 35.2 Å². The fourth-order valence-electron chi connectivity index (χ4n) is 1.51. The maximum atomic E-state index is 11.9. The highest BCUT2D eigenvalue weighted by Crippen LogP contribution is 2.14.